The predicted octanol–water partition coefficient (Wildman–Crippen LogP) is 2.48. The minimum Gasteiger partial charge on any atom is -0.381 e. The van der Waals surface area contributed by atoms with Crippen molar-refractivity contribution in [3.05, 3.63) is 24.3 Å². The standard InChI is InChI=1S/C20H30N2O3/c23-18(13-16-5-1-2-6-16)21-15-20(9-11-25-12-10-20)22-19(24)14-17-7-3-4-8-17/h1,3,5,7,16-17H,2,4,6,8-15H2,(H,21,23)(H,22,24). The number of nitrogens with one attached hydrogen (secondary N) is 2. The maximum atomic E-state index is 12.5. The Balaban J connectivity index is 1.50. The lowest BCUT2D eigenvalue weighted by atomic mass is 9.89. The van der Waals surface area contributed by atoms with Crippen molar-refractivity contribution in [2.75, 3.05) is 19.8 Å². The summed E-state index contributed by atoms with van der Waals surface area (Å²) in [5.74, 6) is 0.900. The van der Waals surface area contributed by atoms with Gasteiger partial charge in [0.05, 0.1) is 5.54 Å². The van der Waals surface area contributed by atoms with Gasteiger partial charge in [0.15, 0.2) is 0 Å². The summed E-state index contributed by atoms with van der Waals surface area (Å²) in [5.41, 5.74) is -0.362. The van der Waals surface area contributed by atoms with E-state index in [4.69, 9.17) is 4.74 Å². The van der Waals surface area contributed by atoms with Crippen LogP contribution in [0.1, 0.15) is 51.4 Å². The van der Waals surface area contributed by atoms with Crippen molar-refractivity contribution in [3.8, 4) is 0 Å². The highest BCUT2D eigenvalue weighted by atomic mass is 16.5. The molecule has 0 aromatic carbocycles. The molecule has 0 aromatic heterocycles. The van der Waals surface area contributed by atoms with E-state index in [2.05, 4.69) is 34.9 Å². The lowest BCUT2D eigenvalue weighted by Crippen LogP contribution is -2.58. The molecule has 0 spiro atoms. The van der Waals surface area contributed by atoms with Gasteiger partial charge in [-0.2, -0.15) is 0 Å². The number of hydrogen-bond donors (Lipinski definition) is 2. The molecule has 138 valence electrons. The SMILES string of the molecule is O=C(CC1C=CCC1)NCC1(NC(=O)CC2C=CCC2)CCOCC1. The average molecular weight is 346 g/mol. The van der Waals surface area contributed by atoms with Gasteiger partial charge in [0.1, 0.15) is 0 Å². The molecule has 2 unspecified atom stereocenters. The van der Waals surface area contributed by atoms with Crippen molar-refractivity contribution in [3.63, 3.8) is 0 Å². The highest BCUT2D eigenvalue weighted by Crippen LogP contribution is 2.24. The summed E-state index contributed by atoms with van der Waals surface area (Å²) in [7, 11) is 0. The third-order valence-electron chi connectivity index (χ3n) is 5.60. The van der Waals surface area contributed by atoms with Crippen LogP contribution in [-0.2, 0) is 14.3 Å². The number of allylic oxidation sites excluding steroid dienone is 4. The Kier molecular flexibility index (Phi) is 6.29. The Hall–Kier alpha value is -1.62. The molecule has 2 amide bonds. The molecular weight excluding hydrogens is 316 g/mol. The number of carbonyl (C=O) groups excluding carboxylic acids is 2. The summed E-state index contributed by atoms with van der Waals surface area (Å²) in [4.78, 5) is 24.7. The summed E-state index contributed by atoms with van der Waals surface area (Å²) < 4.78 is 5.47. The van der Waals surface area contributed by atoms with Crippen LogP contribution in [0.3, 0.4) is 0 Å². The molecule has 1 saturated heterocycles. The molecule has 3 aliphatic rings. The molecule has 25 heavy (non-hydrogen) atoms. The van der Waals surface area contributed by atoms with E-state index in [1.807, 2.05) is 0 Å². The van der Waals surface area contributed by atoms with Gasteiger partial charge in [0.2, 0.25) is 11.8 Å². The summed E-state index contributed by atoms with van der Waals surface area (Å²) in [6.07, 6.45) is 15.5. The van der Waals surface area contributed by atoms with Gasteiger partial charge < -0.3 is 15.4 Å². The Bertz CT molecular complexity index is 535. The van der Waals surface area contributed by atoms with Crippen LogP contribution in [0.25, 0.3) is 0 Å². The predicted molar refractivity (Wildman–Crippen MR) is 96.9 cm³/mol. The van der Waals surface area contributed by atoms with Gasteiger partial charge in [-0.1, -0.05) is 24.3 Å². The van der Waals surface area contributed by atoms with E-state index in [1.165, 1.54) is 0 Å². The minimum atomic E-state index is -0.362. The van der Waals surface area contributed by atoms with E-state index in [0.29, 0.717) is 44.4 Å². The highest BCUT2D eigenvalue weighted by molar-refractivity contribution is 5.78. The average Bonchev–Trinajstić information content (AvgIpc) is 3.28. The molecule has 0 aromatic rings. The van der Waals surface area contributed by atoms with E-state index in [1.54, 1.807) is 0 Å². The van der Waals surface area contributed by atoms with E-state index < -0.39 is 0 Å². The molecule has 0 radical (unpaired) electrons. The largest absolute Gasteiger partial charge is 0.381 e. The van der Waals surface area contributed by atoms with Crippen molar-refractivity contribution >= 4 is 11.8 Å². The third-order valence-corrected chi connectivity index (χ3v) is 5.60. The Morgan fingerprint density at radius 3 is 2.12 bits per heavy atom. The summed E-state index contributed by atoms with van der Waals surface area (Å²) in [6, 6.07) is 0. The van der Waals surface area contributed by atoms with Crippen molar-refractivity contribution in [2.24, 2.45) is 11.8 Å². The van der Waals surface area contributed by atoms with Gasteiger partial charge in [-0.3, -0.25) is 9.59 Å². The molecule has 5 heteroatoms. The van der Waals surface area contributed by atoms with E-state index in [0.717, 1.165) is 38.5 Å². The normalized spacial score (nSPS) is 27.4. The minimum absolute atomic E-state index is 0.0791. The van der Waals surface area contributed by atoms with Crippen LogP contribution >= 0.6 is 0 Å². The number of ether oxygens (including phenoxy) is 1. The summed E-state index contributed by atoms with van der Waals surface area (Å²) >= 11 is 0. The van der Waals surface area contributed by atoms with Crippen molar-refractivity contribution < 1.29 is 14.3 Å². The molecule has 2 aliphatic carbocycles. The number of rotatable bonds is 7. The van der Waals surface area contributed by atoms with E-state index in [9.17, 15) is 9.59 Å². The zero-order chi connectivity index (χ0) is 17.5. The fourth-order valence-electron chi connectivity index (χ4n) is 4.00. The quantitative estimate of drug-likeness (QED) is 0.696. The molecular formula is C20H30N2O3. The van der Waals surface area contributed by atoms with Crippen molar-refractivity contribution in [1.29, 1.82) is 0 Å². The number of amides is 2. The first kappa shape index (κ1) is 18.2. The monoisotopic (exact) mass is 346 g/mol. The van der Waals surface area contributed by atoms with Crippen LogP contribution in [0.15, 0.2) is 24.3 Å². The lowest BCUT2D eigenvalue weighted by Gasteiger charge is -2.38. The van der Waals surface area contributed by atoms with Crippen molar-refractivity contribution in [1.82, 2.24) is 10.6 Å². The van der Waals surface area contributed by atoms with Gasteiger partial charge >= 0.3 is 0 Å². The van der Waals surface area contributed by atoms with Crippen LogP contribution in [0.4, 0.5) is 0 Å². The van der Waals surface area contributed by atoms with E-state index in [-0.39, 0.29) is 17.4 Å². The molecule has 3 rings (SSSR count). The summed E-state index contributed by atoms with van der Waals surface area (Å²) in [5, 5.41) is 6.29. The Morgan fingerprint density at radius 1 is 0.960 bits per heavy atom. The highest BCUT2D eigenvalue weighted by Gasteiger charge is 2.35. The topological polar surface area (TPSA) is 67.4 Å². The molecule has 0 bridgehead atoms. The molecule has 5 nitrogen and oxygen atoms in total. The Morgan fingerprint density at radius 2 is 1.56 bits per heavy atom. The molecule has 2 N–H and O–H groups in total. The van der Waals surface area contributed by atoms with Crippen LogP contribution in [-0.4, -0.2) is 37.1 Å². The third kappa shape index (κ3) is 5.43. The molecule has 1 fully saturated rings. The second kappa shape index (κ2) is 8.65. The number of carbonyl (C=O) groups is 2. The van der Waals surface area contributed by atoms with Gasteiger partial charge in [-0.25, -0.2) is 0 Å². The molecule has 2 atom stereocenters. The second-order valence-corrected chi connectivity index (χ2v) is 7.66. The van der Waals surface area contributed by atoms with Gasteiger partial charge in [0.25, 0.3) is 0 Å². The Labute approximate surface area is 150 Å². The van der Waals surface area contributed by atoms with Crippen molar-refractivity contribution in [2.45, 2.75) is 56.9 Å². The lowest BCUT2D eigenvalue weighted by molar-refractivity contribution is -0.127. The maximum absolute atomic E-state index is 12.5. The zero-order valence-corrected chi connectivity index (χ0v) is 15.0. The molecule has 0 saturated carbocycles. The van der Waals surface area contributed by atoms with Crippen LogP contribution in [0, 0.1) is 11.8 Å². The maximum Gasteiger partial charge on any atom is 0.221 e. The van der Waals surface area contributed by atoms with Crippen LogP contribution in [0.2, 0.25) is 0 Å². The second-order valence-electron chi connectivity index (χ2n) is 7.66. The smallest absolute Gasteiger partial charge is 0.221 e. The molecule has 1 aliphatic heterocycles. The molecule has 1 heterocycles. The van der Waals surface area contributed by atoms with Gasteiger partial charge in [-0.05, 0) is 50.4 Å². The van der Waals surface area contributed by atoms with Crippen LogP contribution < -0.4 is 10.6 Å². The van der Waals surface area contributed by atoms with Crippen LogP contribution in [0.5, 0.6) is 0 Å². The summed E-state index contributed by atoms with van der Waals surface area (Å²) in [6.45, 7) is 1.76. The first-order chi connectivity index (χ1) is 12.2. The fourth-order valence-corrected chi connectivity index (χ4v) is 4.00. The fraction of sp³-hybridized carbons (Fsp3) is 0.700. The van der Waals surface area contributed by atoms with E-state index >= 15 is 0 Å². The zero-order valence-electron chi connectivity index (χ0n) is 15.0. The first-order valence-electron chi connectivity index (χ1n) is 9.64. The first-order valence-corrected chi connectivity index (χ1v) is 9.64. The number of hydrogen-bond acceptors (Lipinski definition) is 3. The van der Waals surface area contributed by atoms with Gasteiger partial charge in [-0.15, -0.1) is 0 Å². The van der Waals surface area contributed by atoms with Gasteiger partial charge in [0, 0.05) is 32.6 Å².